The van der Waals surface area contributed by atoms with Gasteiger partial charge in [0.15, 0.2) is 0 Å². The molecule has 1 amide bonds. The quantitative estimate of drug-likeness (QED) is 0.447. The summed E-state index contributed by atoms with van der Waals surface area (Å²) in [5, 5.41) is 1.98. The molecular weight excluding hydrogens is 428 g/mol. The third-order valence-electron chi connectivity index (χ3n) is 4.76. The van der Waals surface area contributed by atoms with Gasteiger partial charge in [-0.15, -0.1) is 11.3 Å². The normalized spacial score (nSPS) is 11.7. The Morgan fingerprint density at radius 3 is 2.13 bits per heavy atom. The van der Waals surface area contributed by atoms with E-state index in [1.54, 1.807) is 46.6 Å². The molecule has 0 spiro atoms. The Labute approximate surface area is 189 Å². The first kappa shape index (κ1) is 23.2. The standard InChI is InChI=1S/C24H28N2O3S2/c1-20(2)16-26(31(28,29)23-13-7-4-8-14-23)19-24(27)25(18-22-12-9-15-30-22)17-21-10-5-3-6-11-21/h3-15,20H,16-19H2,1-2H3. The summed E-state index contributed by atoms with van der Waals surface area (Å²) in [4.78, 5) is 16.4. The van der Waals surface area contributed by atoms with Crippen LogP contribution in [0.2, 0.25) is 0 Å². The smallest absolute Gasteiger partial charge is 0.243 e. The number of hydrogen-bond donors (Lipinski definition) is 0. The average Bonchev–Trinajstić information content (AvgIpc) is 3.27. The van der Waals surface area contributed by atoms with E-state index in [0.29, 0.717) is 13.1 Å². The Morgan fingerprint density at radius 1 is 0.903 bits per heavy atom. The van der Waals surface area contributed by atoms with Crippen LogP contribution < -0.4 is 0 Å². The SMILES string of the molecule is CC(C)CN(CC(=O)N(Cc1ccccc1)Cc1cccs1)S(=O)(=O)c1ccccc1. The van der Waals surface area contributed by atoms with Gasteiger partial charge in [-0.05, 0) is 35.1 Å². The van der Waals surface area contributed by atoms with Crippen LogP contribution in [0, 0.1) is 5.92 Å². The molecule has 3 rings (SSSR count). The lowest BCUT2D eigenvalue weighted by molar-refractivity contribution is -0.132. The van der Waals surface area contributed by atoms with Crippen molar-refractivity contribution in [3.05, 3.63) is 88.6 Å². The molecule has 0 saturated carbocycles. The molecule has 0 atom stereocenters. The van der Waals surface area contributed by atoms with Crippen molar-refractivity contribution in [3.63, 3.8) is 0 Å². The zero-order chi connectivity index (χ0) is 22.3. The minimum atomic E-state index is -3.77. The predicted octanol–water partition coefficient (Wildman–Crippen LogP) is 4.62. The molecule has 0 unspecified atom stereocenters. The van der Waals surface area contributed by atoms with Crippen molar-refractivity contribution in [3.8, 4) is 0 Å². The second-order valence-corrected chi connectivity index (χ2v) is 10.8. The van der Waals surface area contributed by atoms with Gasteiger partial charge in [0.2, 0.25) is 15.9 Å². The molecule has 5 nitrogen and oxygen atoms in total. The van der Waals surface area contributed by atoms with E-state index in [-0.39, 0.29) is 29.8 Å². The van der Waals surface area contributed by atoms with Gasteiger partial charge in [0.25, 0.3) is 0 Å². The van der Waals surface area contributed by atoms with Crippen LogP contribution in [0.4, 0.5) is 0 Å². The highest BCUT2D eigenvalue weighted by Gasteiger charge is 2.29. The molecule has 0 bridgehead atoms. The van der Waals surface area contributed by atoms with Gasteiger partial charge in [0.05, 0.1) is 18.0 Å². The van der Waals surface area contributed by atoms with E-state index in [0.717, 1.165) is 10.4 Å². The summed E-state index contributed by atoms with van der Waals surface area (Å²) in [5.74, 6) is -0.122. The molecule has 7 heteroatoms. The highest BCUT2D eigenvalue weighted by Crippen LogP contribution is 2.19. The minimum absolute atomic E-state index is 0.0890. The molecule has 0 aliphatic heterocycles. The van der Waals surface area contributed by atoms with Crippen molar-refractivity contribution in [2.45, 2.75) is 31.8 Å². The summed E-state index contributed by atoms with van der Waals surface area (Å²) in [7, 11) is -3.77. The molecule has 0 radical (unpaired) electrons. The number of rotatable bonds is 10. The first-order valence-electron chi connectivity index (χ1n) is 10.3. The number of carbonyl (C=O) groups excluding carboxylic acids is 1. The lowest BCUT2D eigenvalue weighted by atomic mass is 10.2. The van der Waals surface area contributed by atoms with Gasteiger partial charge in [-0.2, -0.15) is 4.31 Å². The van der Waals surface area contributed by atoms with Crippen LogP contribution in [-0.2, 0) is 27.9 Å². The summed E-state index contributed by atoms with van der Waals surface area (Å²) in [6.45, 7) is 4.87. The largest absolute Gasteiger partial charge is 0.332 e. The van der Waals surface area contributed by atoms with Crippen LogP contribution in [0.3, 0.4) is 0 Å². The maximum atomic E-state index is 13.4. The summed E-state index contributed by atoms with van der Waals surface area (Å²) >= 11 is 1.59. The first-order valence-corrected chi connectivity index (χ1v) is 12.6. The van der Waals surface area contributed by atoms with Crippen LogP contribution in [0.1, 0.15) is 24.3 Å². The summed E-state index contributed by atoms with van der Waals surface area (Å²) < 4.78 is 27.8. The summed E-state index contributed by atoms with van der Waals surface area (Å²) in [6.07, 6.45) is 0. The van der Waals surface area contributed by atoms with Crippen LogP contribution in [-0.4, -0.2) is 36.6 Å². The molecule has 164 valence electrons. The third-order valence-corrected chi connectivity index (χ3v) is 7.44. The molecule has 1 heterocycles. The van der Waals surface area contributed by atoms with E-state index in [2.05, 4.69) is 0 Å². The zero-order valence-electron chi connectivity index (χ0n) is 17.8. The average molecular weight is 457 g/mol. The maximum Gasteiger partial charge on any atom is 0.243 e. The molecule has 0 fully saturated rings. The number of amides is 1. The molecule has 0 aliphatic carbocycles. The first-order chi connectivity index (χ1) is 14.9. The van der Waals surface area contributed by atoms with Gasteiger partial charge in [-0.25, -0.2) is 8.42 Å². The molecule has 31 heavy (non-hydrogen) atoms. The van der Waals surface area contributed by atoms with E-state index in [4.69, 9.17) is 0 Å². The molecule has 3 aromatic rings. The monoisotopic (exact) mass is 456 g/mol. The van der Waals surface area contributed by atoms with E-state index < -0.39 is 10.0 Å². The lowest BCUT2D eigenvalue weighted by Crippen LogP contribution is -2.43. The number of benzene rings is 2. The number of hydrogen-bond acceptors (Lipinski definition) is 4. The van der Waals surface area contributed by atoms with Crippen LogP contribution >= 0.6 is 11.3 Å². The van der Waals surface area contributed by atoms with Crippen molar-refractivity contribution in [1.29, 1.82) is 0 Å². The Bertz CT molecular complexity index is 1050. The number of thiophene rings is 1. The van der Waals surface area contributed by atoms with Gasteiger partial charge in [0, 0.05) is 18.0 Å². The zero-order valence-corrected chi connectivity index (χ0v) is 19.5. The Balaban J connectivity index is 1.85. The number of carbonyl (C=O) groups is 1. The fourth-order valence-corrected chi connectivity index (χ4v) is 5.57. The minimum Gasteiger partial charge on any atom is -0.332 e. The predicted molar refractivity (Wildman–Crippen MR) is 125 cm³/mol. The fraction of sp³-hybridized carbons (Fsp3) is 0.292. The second kappa shape index (κ2) is 10.7. The van der Waals surface area contributed by atoms with Crippen molar-refractivity contribution >= 4 is 27.3 Å². The van der Waals surface area contributed by atoms with E-state index in [1.165, 1.54) is 4.31 Å². The molecule has 2 aromatic carbocycles. The Kier molecular flexibility index (Phi) is 8.01. The van der Waals surface area contributed by atoms with Gasteiger partial charge < -0.3 is 4.90 Å². The Hall–Kier alpha value is -2.48. The molecular formula is C24H28N2O3S2. The van der Waals surface area contributed by atoms with Gasteiger partial charge in [-0.3, -0.25) is 4.79 Å². The van der Waals surface area contributed by atoms with Crippen molar-refractivity contribution in [1.82, 2.24) is 9.21 Å². The number of nitrogens with zero attached hydrogens (tertiary/aromatic N) is 2. The van der Waals surface area contributed by atoms with E-state index in [1.807, 2.05) is 61.7 Å². The molecule has 0 saturated heterocycles. The molecule has 0 aliphatic rings. The highest BCUT2D eigenvalue weighted by molar-refractivity contribution is 7.89. The van der Waals surface area contributed by atoms with E-state index >= 15 is 0 Å². The second-order valence-electron chi connectivity index (χ2n) is 7.82. The molecule has 0 N–H and O–H groups in total. The highest BCUT2D eigenvalue weighted by atomic mass is 32.2. The maximum absolute atomic E-state index is 13.4. The van der Waals surface area contributed by atoms with Gasteiger partial charge in [-0.1, -0.05) is 68.4 Å². The molecule has 1 aromatic heterocycles. The lowest BCUT2D eigenvalue weighted by Gasteiger charge is -2.28. The number of sulfonamides is 1. The van der Waals surface area contributed by atoms with Crippen molar-refractivity contribution < 1.29 is 13.2 Å². The van der Waals surface area contributed by atoms with Crippen molar-refractivity contribution in [2.24, 2.45) is 5.92 Å². The third kappa shape index (κ3) is 6.50. The van der Waals surface area contributed by atoms with Crippen molar-refractivity contribution in [2.75, 3.05) is 13.1 Å². The van der Waals surface area contributed by atoms with Crippen LogP contribution in [0.5, 0.6) is 0 Å². The van der Waals surface area contributed by atoms with Gasteiger partial charge in [0.1, 0.15) is 0 Å². The van der Waals surface area contributed by atoms with Crippen LogP contribution in [0.25, 0.3) is 0 Å². The van der Waals surface area contributed by atoms with E-state index in [9.17, 15) is 13.2 Å². The summed E-state index contributed by atoms with van der Waals surface area (Å²) in [5.41, 5.74) is 1.01. The topological polar surface area (TPSA) is 57.7 Å². The summed E-state index contributed by atoms with van der Waals surface area (Å²) in [6, 6.07) is 22.0. The Morgan fingerprint density at radius 2 is 1.55 bits per heavy atom. The van der Waals surface area contributed by atoms with Gasteiger partial charge >= 0.3 is 0 Å². The fourth-order valence-electron chi connectivity index (χ4n) is 3.27. The van der Waals surface area contributed by atoms with Crippen LogP contribution in [0.15, 0.2) is 83.1 Å².